The number of hydrogen-bond acceptors (Lipinski definition) is 4. The van der Waals surface area contributed by atoms with Crippen molar-refractivity contribution in [3.63, 3.8) is 0 Å². The molecule has 1 aliphatic rings. The molecule has 1 amide bonds. The molecule has 162 valence electrons. The molecular formula is C23H30N2O3S2. The van der Waals surface area contributed by atoms with E-state index in [0.29, 0.717) is 17.5 Å². The maximum absolute atomic E-state index is 13.3. The van der Waals surface area contributed by atoms with Crippen LogP contribution in [0.25, 0.3) is 0 Å². The van der Waals surface area contributed by atoms with E-state index in [0.717, 1.165) is 16.9 Å². The Kier molecular flexibility index (Phi) is 7.83. The molecule has 2 aromatic carbocycles. The van der Waals surface area contributed by atoms with E-state index in [9.17, 15) is 13.2 Å². The van der Waals surface area contributed by atoms with Gasteiger partial charge in [-0.15, -0.1) is 0 Å². The molecule has 1 fully saturated rings. The molecule has 0 aromatic heterocycles. The Morgan fingerprint density at radius 2 is 1.77 bits per heavy atom. The Bertz CT molecular complexity index is 953. The van der Waals surface area contributed by atoms with Crippen molar-refractivity contribution in [1.29, 1.82) is 0 Å². The first kappa shape index (κ1) is 22.7. The second kappa shape index (κ2) is 10.4. The molecule has 0 atom stereocenters. The minimum atomic E-state index is -3.86. The smallest absolute Gasteiger partial charge is 0.264 e. The largest absolute Gasteiger partial charge is 0.354 e. The van der Waals surface area contributed by atoms with Gasteiger partial charge in [-0.25, -0.2) is 8.42 Å². The molecule has 1 aliphatic carbocycles. The predicted molar refractivity (Wildman–Crippen MR) is 125 cm³/mol. The molecule has 0 bridgehead atoms. The van der Waals surface area contributed by atoms with Gasteiger partial charge in [0, 0.05) is 17.5 Å². The molecule has 0 aliphatic heterocycles. The van der Waals surface area contributed by atoms with Crippen LogP contribution in [0.3, 0.4) is 0 Å². The van der Waals surface area contributed by atoms with Gasteiger partial charge in [-0.05, 0) is 56.5 Å². The number of nitrogens with one attached hydrogen (secondary N) is 1. The summed E-state index contributed by atoms with van der Waals surface area (Å²) in [6, 6.07) is 13.9. The fourth-order valence-corrected chi connectivity index (χ4v) is 6.23. The molecule has 7 heteroatoms. The summed E-state index contributed by atoms with van der Waals surface area (Å²) in [6.45, 7) is 4.12. The molecule has 3 rings (SSSR count). The number of carbonyl (C=O) groups is 1. The van der Waals surface area contributed by atoms with E-state index in [4.69, 9.17) is 0 Å². The summed E-state index contributed by atoms with van der Waals surface area (Å²) in [5.74, 6) is 0.560. The summed E-state index contributed by atoms with van der Waals surface area (Å²) in [5, 5.41) is 3.59. The van der Waals surface area contributed by atoms with Crippen LogP contribution in [0, 0.1) is 13.8 Å². The Hall–Kier alpha value is -1.99. The quantitative estimate of drug-likeness (QED) is 0.584. The summed E-state index contributed by atoms with van der Waals surface area (Å²) in [7, 11) is -3.86. The first-order chi connectivity index (χ1) is 14.4. The minimum Gasteiger partial charge on any atom is -0.354 e. The first-order valence-corrected chi connectivity index (χ1v) is 12.9. The zero-order valence-electron chi connectivity index (χ0n) is 17.6. The zero-order chi connectivity index (χ0) is 21.6. The van der Waals surface area contributed by atoms with Crippen molar-refractivity contribution in [1.82, 2.24) is 5.32 Å². The summed E-state index contributed by atoms with van der Waals surface area (Å²) < 4.78 is 27.9. The number of aryl methyl sites for hydroxylation is 2. The predicted octanol–water partition coefficient (Wildman–Crippen LogP) is 4.29. The van der Waals surface area contributed by atoms with E-state index >= 15 is 0 Å². The van der Waals surface area contributed by atoms with Crippen molar-refractivity contribution in [2.24, 2.45) is 0 Å². The van der Waals surface area contributed by atoms with Crippen molar-refractivity contribution in [2.75, 3.05) is 23.1 Å². The van der Waals surface area contributed by atoms with Gasteiger partial charge < -0.3 is 5.32 Å². The SMILES string of the molecule is Cc1ccc(S(=O)(=O)N(CC(=O)NCCSC2CCCC2)c2cccc(C)c2)cc1. The van der Waals surface area contributed by atoms with Gasteiger partial charge in [0.15, 0.2) is 0 Å². The third-order valence-corrected chi connectivity index (χ3v) is 8.44. The molecule has 1 N–H and O–H groups in total. The average molecular weight is 447 g/mol. The number of nitrogens with zero attached hydrogens (tertiary/aromatic N) is 1. The van der Waals surface area contributed by atoms with Crippen LogP contribution in [-0.2, 0) is 14.8 Å². The Labute approximate surface area is 184 Å². The van der Waals surface area contributed by atoms with Gasteiger partial charge >= 0.3 is 0 Å². The highest BCUT2D eigenvalue weighted by atomic mass is 32.2. The Morgan fingerprint density at radius 3 is 2.43 bits per heavy atom. The molecule has 0 saturated heterocycles. The van der Waals surface area contributed by atoms with Crippen LogP contribution in [0.2, 0.25) is 0 Å². The third-order valence-electron chi connectivity index (χ3n) is 5.27. The van der Waals surface area contributed by atoms with Crippen molar-refractivity contribution < 1.29 is 13.2 Å². The van der Waals surface area contributed by atoms with Crippen molar-refractivity contribution in [3.8, 4) is 0 Å². The van der Waals surface area contributed by atoms with Crippen LogP contribution < -0.4 is 9.62 Å². The van der Waals surface area contributed by atoms with Crippen molar-refractivity contribution in [2.45, 2.75) is 49.7 Å². The van der Waals surface area contributed by atoms with Crippen LogP contribution in [0.15, 0.2) is 53.4 Å². The molecule has 0 unspecified atom stereocenters. The summed E-state index contributed by atoms with van der Waals surface area (Å²) in [4.78, 5) is 12.8. The maximum atomic E-state index is 13.3. The zero-order valence-corrected chi connectivity index (χ0v) is 19.3. The van der Waals surface area contributed by atoms with E-state index in [-0.39, 0.29) is 17.3 Å². The topological polar surface area (TPSA) is 66.5 Å². The van der Waals surface area contributed by atoms with Crippen LogP contribution >= 0.6 is 11.8 Å². The van der Waals surface area contributed by atoms with Crippen molar-refractivity contribution >= 4 is 33.4 Å². The van der Waals surface area contributed by atoms with Gasteiger partial charge in [0.05, 0.1) is 10.6 Å². The van der Waals surface area contributed by atoms with Gasteiger partial charge in [0.2, 0.25) is 5.91 Å². The van der Waals surface area contributed by atoms with E-state index < -0.39 is 10.0 Å². The monoisotopic (exact) mass is 446 g/mol. The number of hydrogen-bond donors (Lipinski definition) is 1. The highest BCUT2D eigenvalue weighted by Crippen LogP contribution is 2.29. The third kappa shape index (κ3) is 6.01. The standard InChI is InChI=1S/C23H30N2O3S2/c1-18-10-12-22(13-11-18)30(27,28)25(20-7-5-6-19(2)16-20)17-23(26)24-14-15-29-21-8-3-4-9-21/h5-7,10-13,16,21H,3-4,8-9,14-15,17H2,1-2H3,(H,24,26). The molecular weight excluding hydrogens is 416 g/mol. The van der Waals surface area contributed by atoms with Gasteiger partial charge in [-0.3, -0.25) is 9.10 Å². The molecule has 30 heavy (non-hydrogen) atoms. The number of carbonyl (C=O) groups excluding carboxylic acids is 1. The number of rotatable bonds is 9. The lowest BCUT2D eigenvalue weighted by Gasteiger charge is -2.24. The van der Waals surface area contributed by atoms with E-state index in [1.165, 1.54) is 30.0 Å². The maximum Gasteiger partial charge on any atom is 0.264 e. The van der Waals surface area contributed by atoms with E-state index in [2.05, 4.69) is 5.32 Å². The highest BCUT2D eigenvalue weighted by Gasteiger charge is 2.27. The number of benzene rings is 2. The number of amides is 1. The highest BCUT2D eigenvalue weighted by molar-refractivity contribution is 7.99. The number of anilines is 1. The van der Waals surface area contributed by atoms with E-state index in [1.54, 1.807) is 42.5 Å². The second-order valence-electron chi connectivity index (χ2n) is 7.79. The average Bonchev–Trinajstić information content (AvgIpc) is 3.23. The first-order valence-electron chi connectivity index (χ1n) is 10.4. The van der Waals surface area contributed by atoms with Crippen LogP contribution in [0.5, 0.6) is 0 Å². The summed E-state index contributed by atoms with van der Waals surface area (Å²) in [6.07, 6.45) is 5.11. The van der Waals surface area contributed by atoms with Gasteiger partial charge in [0.25, 0.3) is 10.0 Å². The van der Waals surface area contributed by atoms with Crippen LogP contribution in [-0.4, -0.2) is 38.4 Å². The van der Waals surface area contributed by atoms with Gasteiger partial charge in [-0.1, -0.05) is 42.7 Å². The normalized spacial score (nSPS) is 14.6. The molecule has 0 spiro atoms. The van der Waals surface area contributed by atoms with Crippen LogP contribution in [0.1, 0.15) is 36.8 Å². The van der Waals surface area contributed by atoms with Gasteiger partial charge in [0.1, 0.15) is 6.54 Å². The van der Waals surface area contributed by atoms with Gasteiger partial charge in [-0.2, -0.15) is 11.8 Å². The Balaban J connectivity index is 1.71. The summed E-state index contributed by atoms with van der Waals surface area (Å²) in [5.41, 5.74) is 2.41. The minimum absolute atomic E-state index is 0.180. The Morgan fingerprint density at radius 1 is 1.07 bits per heavy atom. The molecule has 1 saturated carbocycles. The molecule has 5 nitrogen and oxygen atoms in total. The lowest BCUT2D eigenvalue weighted by molar-refractivity contribution is -0.119. The molecule has 2 aromatic rings. The molecule has 0 radical (unpaired) electrons. The summed E-state index contributed by atoms with van der Waals surface area (Å²) >= 11 is 1.90. The van der Waals surface area contributed by atoms with E-state index in [1.807, 2.05) is 31.7 Å². The second-order valence-corrected chi connectivity index (χ2v) is 11.1. The van der Waals surface area contributed by atoms with Crippen LogP contribution in [0.4, 0.5) is 5.69 Å². The molecule has 0 heterocycles. The number of thioether (sulfide) groups is 1. The fraction of sp³-hybridized carbons (Fsp3) is 0.435. The lowest BCUT2D eigenvalue weighted by atomic mass is 10.2. The lowest BCUT2D eigenvalue weighted by Crippen LogP contribution is -2.41. The van der Waals surface area contributed by atoms with Crippen molar-refractivity contribution in [3.05, 3.63) is 59.7 Å². The number of sulfonamides is 1. The fourth-order valence-electron chi connectivity index (χ4n) is 3.59.